The second-order valence-electron chi connectivity index (χ2n) is 3.80. The quantitative estimate of drug-likeness (QED) is 0.898. The van der Waals surface area contributed by atoms with Crippen LogP contribution in [0.1, 0.15) is 17.4 Å². The summed E-state index contributed by atoms with van der Waals surface area (Å²) in [6, 6.07) is 8.96. The SMILES string of the molecule is CCOc1ccc(-c2cc(C(=O)O)n(C)n2)cc1. The standard InChI is InChI=1S/C13H14N2O3/c1-3-18-10-6-4-9(5-7-10)11-8-12(13(16)17)15(2)14-11/h4-8H,3H2,1-2H3,(H,16,17). The highest BCUT2D eigenvalue weighted by atomic mass is 16.5. The first-order valence-corrected chi connectivity index (χ1v) is 5.62. The number of ether oxygens (including phenoxy) is 1. The highest BCUT2D eigenvalue weighted by Crippen LogP contribution is 2.22. The van der Waals surface area contributed by atoms with Gasteiger partial charge in [0.2, 0.25) is 0 Å². The minimum Gasteiger partial charge on any atom is -0.494 e. The number of carboxylic acids is 1. The van der Waals surface area contributed by atoms with E-state index in [1.165, 1.54) is 4.68 Å². The fourth-order valence-electron chi connectivity index (χ4n) is 1.70. The van der Waals surface area contributed by atoms with Crippen molar-refractivity contribution in [1.82, 2.24) is 9.78 Å². The summed E-state index contributed by atoms with van der Waals surface area (Å²) in [6.45, 7) is 2.54. The lowest BCUT2D eigenvalue weighted by molar-refractivity contribution is 0.0685. The van der Waals surface area contributed by atoms with E-state index in [1.807, 2.05) is 31.2 Å². The molecule has 0 spiro atoms. The fraction of sp³-hybridized carbons (Fsp3) is 0.231. The Morgan fingerprint density at radius 3 is 2.56 bits per heavy atom. The summed E-state index contributed by atoms with van der Waals surface area (Å²) < 4.78 is 6.70. The lowest BCUT2D eigenvalue weighted by Crippen LogP contribution is -2.04. The van der Waals surface area contributed by atoms with Crippen molar-refractivity contribution in [2.24, 2.45) is 7.05 Å². The van der Waals surface area contributed by atoms with Gasteiger partial charge in [0.1, 0.15) is 11.4 Å². The van der Waals surface area contributed by atoms with E-state index in [2.05, 4.69) is 5.10 Å². The maximum atomic E-state index is 10.9. The third kappa shape index (κ3) is 2.34. The van der Waals surface area contributed by atoms with Crippen LogP contribution in [0.5, 0.6) is 5.75 Å². The van der Waals surface area contributed by atoms with Crippen LogP contribution in [0.15, 0.2) is 30.3 Å². The van der Waals surface area contributed by atoms with E-state index in [0.717, 1.165) is 11.3 Å². The van der Waals surface area contributed by atoms with Crippen molar-refractivity contribution >= 4 is 5.97 Å². The second kappa shape index (κ2) is 4.91. The normalized spacial score (nSPS) is 10.3. The third-order valence-electron chi connectivity index (χ3n) is 2.56. The molecule has 1 heterocycles. The van der Waals surface area contributed by atoms with Crippen LogP contribution in [0.25, 0.3) is 11.3 Å². The predicted molar refractivity (Wildman–Crippen MR) is 66.8 cm³/mol. The molecule has 1 N–H and O–H groups in total. The summed E-state index contributed by atoms with van der Waals surface area (Å²) in [5.41, 5.74) is 1.67. The molecule has 1 aromatic carbocycles. The zero-order chi connectivity index (χ0) is 13.1. The van der Waals surface area contributed by atoms with Gasteiger partial charge in [0.15, 0.2) is 0 Å². The number of rotatable bonds is 4. The van der Waals surface area contributed by atoms with Crippen molar-refractivity contribution in [3.63, 3.8) is 0 Å². The van der Waals surface area contributed by atoms with E-state index in [4.69, 9.17) is 9.84 Å². The molecule has 0 saturated heterocycles. The molecule has 0 aliphatic rings. The average molecular weight is 246 g/mol. The summed E-state index contributed by atoms with van der Waals surface area (Å²) in [7, 11) is 1.61. The largest absolute Gasteiger partial charge is 0.494 e. The Kier molecular flexibility index (Phi) is 3.32. The van der Waals surface area contributed by atoms with Crippen LogP contribution in [0, 0.1) is 0 Å². The number of nitrogens with zero attached hydrogens (tertiary/aromatic N) is 2. The molecule has 1 aromatic heterocycles. The zero-order valence-electron chi connectivity index (χ0n) is 10.3. The first kappa shape index (κ1) is 12.2. The Hall–Kier alpha value is -2.30. The average Bonchev–Trinajstić information content (AvgIpc) is 2.73. The molecule has 0 fully saturated rings. The van der Waals surface area contributed by atoms with Gasteiger partial charge in [-0.05, 0) is 37.3 Å². The number of aromatic carboxylic acids is 1. The monoisotopic (exact) mass is 246 g/mol. The molecule has 0 aliphatic carbocycles. The van der Waals surface area contributed by atoms with Crippen LogP contribution in [0.4, 0.5) is 0 Å². The highest BCUT2D eigenvalue weighted by Gasteiger charge is 2.12. The molecule has 2 rings (SSSR count). The lowest BCUT2D eigenvalue weighted by atomic mass is 10.1. The van der Waals surface area contributed by atoms with Gasteiger partial charge >= 0.3 is 5.97 Å². The molecule has 5 heteroatoms. The first-order valence-electron chi connectivity index (χ1n) is 5.62. The van der Waals surface area contributed by atoms with Gasteiger partial charge in [-0.25, -0.2) is 4.79 Å². The lowest BCUT2D eigenvalue weighted by Gasteiger charge is -2.02. The van der Waals surface area contributed by atoms with Gasteiger partial charge in [-0.1, -0.05) is 0 Å². The third-order valence-corrected chi connectivity index (χ3v) is 2.56. The molecule has 94 valence electrons. The molecule has 0 unspecified atom stereocenters. The molecular weight excluding hydrogens is 232 g/mol. The van der Waals surface area contributed by atoms with Crippen LogP contribution in [0.2, 0.25) is 0 Å². The van der Waals surface area contributed by atoms with Crippen molar-refractivity contribution in [3.05, 3.63) is 36.0 Å². The summed E-state index contributed by atoms with van der Waals surface area (Å²) in [5, 5.41) is 13.1. The number of aromatic nitrogens is 2. The van der Waals surface area contributed by atoms with Crippen LogP contribution < -0.4 is 4.74 Å². The van der Waals surface area contributed by atoms with Crippen LogP contribution in [-0.4, -0.2) is 27.5 Å². The molecule has 0 bridgehead atoms. The van der Waals surface area contributed by atoms with Gasteiger partial charge < -0.3 is 9.84 Å². The number of aryl methyl sites for hydroxylation is 1. The molecular formula is C13H14N2O3. The summed E-state index contributed by atoms with van der Waals surface area (Å²) in [6.07, 6.45) is 0. The van der Waals surface area contributed by atoms with Gasteiger partial charge in [0.05, 0.1) is 12.3 Å². The van der Waals surface area contributed by atoms with E-state index in [1.54, 1.807) is 13.1 Å². The van der Waals surface area contributed by atoms with Gasteiger partial charge in [-0.3, -0.25) is 4.68 Å². The maximum Gasteiger partial charge on any atom is 0.354 e. The maximum absolute atomic E-state index is 10.9. The van der Waals surface area contributed by atoms with E-state index >= 15 is 0 Å². The number of benzene rings is 1. The smallest absolute Gasteiger partial charge is 0.354 e. The van der Waals surface area contributed by atoms with Gasteiger partial charge in [-0.15, -0.1) is 0 Å². The Balaban J connectivity index is 2.31. The van der Waals surface area contributed by atoms with Crippen molar-refractivity contribution in [3.8, 4) is 17.0 Å². The van der Waals surface area contributed by atoms with Crippen molar-refractivity contribution < 1.29 is 14.6 Å². The summed E-state index contributed by atoms with van der Waals surface area (Å²) >= 11 is 0. The Labute approximate surface area is 105 Å². The molecule has 0 atom stereocenters. The van der Waals surface area contributed by atoms with Crippen LogP contribution in [0.3, 0.4) is 0 Å². The number of hydrogen-bond acceptors (Lipinski definition) is 3. The minimum atomic E-state index is -0.984. The fourth-order valence-corrected chi connectivity index (χ4v) is 1.70. The molecule has 0 amide bonds. The highest BCUT2D eigenvalue weighted by molar-refractivity contribution is 5.87. The van der Waals surface area contributed by atoms with Gasteiger partial charge in [-0.2, -0.15) is 5.10 Å². The minimum absolute atomic E-state index is 0.166. The Morgan fingerprint density at radius 1 is 1.39 bits per heavy atom. The number of carboxylic acid groups (broad SMARTS) is 1. The second-order valence-corrected chi connectivity index (χ2v) is 3.80. The zero-order valence-corrected chi connectivity index (χ0v) is 10.3. The Bertz CT molecular complexity index is 558. The topological polar surface area (TPSA) is 64.3 Å². The van der Waals surface area contributed by atoms with Crippen LogP contribution in [-0.2, 0) is 7.05 Å². The molecule has 0 radical (unpaired) electrons. The molecule has 18 heavy (non-hydrogen) atoms. The predicted octanol–water partition coefficient (Wildman–Crippen LogP) is 2.18. The Morgan fingerprint density at radius 2 is 2.06 bits per heavy atom. The first-order chi connectivity index (χ1) is 8.61. The number of hydrogen-bond donors (Lipinski definition) is 1. The molecule has 2 aromatic rings. The van der Waals surface area contributed by atoms with Crippen molar-refractivity contribution in [2.45, 2.75) is 6.92 Å². The van der Waals surface area contributed by atoms with Crippen LogP contribution >= 0.6 is 0 Å². The van der Waals surface area contributed by atoms with Gasteiger partial charge in [0, 0.05) is 12.6 Å². The van der Waals surface area contributed by atoms with E-state index < -0.39 is 5.97 Å². The van der Waals surface area contributed by atoms with E-state index in [-0.39, 0.29) is 5.69 Å². The molecule has 5 nitrogen and oxygen atoms in total. The van der Waals surface area contributed by atoms with E-state index in [0.29, 0.717) is 12.3 Å². The summed E-state index contributed by atoms with van der Waals surface area (Å²) in [5.74, 6) is -0.196. The van der Waals surface area contributed by atoms with Crippen molar-refractivity contribution in [1.29, 1.82) is 0 Å². The van der Waals surface area contributed by atoms with E-state index in [9.17, 15) is 4.79 Å². The molecule has 0 saturated carbocycles. The molecule has 0 aliphatic heterocycles. The number of carbonyl (C=O) groups is 1. The summed E-state index contributed by atoms with van der Waals surface area (Å²) in [4.78, 5) is 10.9. The van der Waals surface area contributed by atoms with Crippen molar-refractivity contribution in [2.75, 3.05) is 6.61 Å². The van der Waals surface area contributed by atoms with Gasteiger partial charge in [0.25, 0.3) is 0 Å².